The summed E-state index contributed by atoms with van der Waals surface area (Å²) in [6.45, 7) is 3.82. The number of nitrogens with one attached hydrogen (secondary N) is 1. The second-order valence-electron chi connectivity index (χ2n) is 1.55. The maximum absolute atomic E-state index is 10.5. The Bertz CT molecular complexity index is 49.0. The van der Waals surface area contributed by atoms with E-state index in [2.05, 4.69) is 4.72 Å². The van der Waals surface area contributed by atoms with Crippen molar-refractivity contribution in [1.29, 1.82) is 0 Å². The lowest BCUT2D eigenvalue weighted by atomic mass is 10.6. The van der Waals surface area contributed by atoms with E-state index >= 15 is 0 Å². The molecular formula is C4H11NOS. The summed E-state index contributed by atoms with van der Waals surface area (Å²) in [5, 5.41) is 0.227. The molecule has 1 N–H and O–H groups in total. The smallest absolute Gasteiger partial charge is 0.129 e. The van der Waals surface area contributed by atoms with Crippen LogP contribution in [0.1, 0.15) is 13.8 Å². The fraction of sp³-hybridized carbons (Fsp3) is 1.00. The first-order valence-electron chi connectivity index (χ1n) is 2.26. The van der Waals surface area contributed by atoms with Gasteiger partial charge < -0.3 is 4.55 Å². The molecule has 0 fully saturated rings. The van der Waals surface area contributed by atoms with Gasteiger partial charge in [0.2, 0.25) is 0 Å². The second-order valence-corrected chi connectivity index (χ2v) is 3.50. The molecule has 1 atom stereocenters. The Morgan fingerprint density at radius 2 is 2.00 bits per heavy atom. The van der Waals surface area contributed by atoms with Crippen LogP contribution < -0.4 is 4.72 Å². The van der Waals surface area contributed by atoms with E-state index in [4.69, 9.17) is 0 Å². The third-order valence-corrected chi connectivity index (χ3v) is 1.89. The minimum absolute atomic E-state index is 0.227. The molecule has 0 bridgehead atoms. The lowest BCUT2D eigenvalue weighted by Gasteiger charge is -2.09. The lowest BCUT2D eigenvalue weighted by Crippen LogP contribution is -2.26. The maximum atomic E-state index is 10.5. The van der Waals surface area contributed by atoms with Crippen molar-refractivity contribution in [2.75, 3.05) is 7.05 Å². The van der Waals surface area contributed by atoms with Crippen molar-refractivity contribution in [3.8, 4) is 0 Å². The van der Waals surface area contributed by atoms with E-state index in [1.807, 2.05) is 13.8 Å². The van der Waals surface area contributed by atoms with Crippen molar-refractivity contribution in [3.05, 3.63) is 0 Å². The highest BCUT2D eigenvalue weighted by Gasteiger charge is 2.05. The monoisotopic (exact) mass is 121 g/mol. The molecule has 0 heterocycles. The number of hydrogen-bond donors (Lipinski definition) is 1. The molecule has 0 unspecified atom stereocenters. The molecule has 44 valence electrons. The van der Waals surface area contributed by atoms with E-state index in [-0.39, 0.29) is 5.25 Å². The zero-order valence-corrected chi connectivity index (χ0v) is 5.71. The van der Waals surface area contributed by atoms with Gasteiger partial charge in [0, 0.05) is 18.4 Å². The molecule has 0 aromatic heterocycles. The van der Waals surface area contributed by atoms with Crippen LogP contribution in [0.3, 0.4) is 0 Å². The van der Waals surface area contributed by atoms with Gasteiger partial charge in [0.1, 0.15) is 5.25 Å². The van der Waals surface area contributed by atoms with Gasteiger partial charge in [-0.1, -0.05) is 0 Å². The molecular weight excluding hydrogens is 110 g/mol. The van der Waals surface area contributed by atoms with Crippen molar-refractivity contribution in [3.63, 3.8) is 0 Å². The molecule has 0 aliphatic rings. The average Bonchev–Trinajstić information content (AvgIpc) is 1.65. The summed E-state index contributed by atoms with van der Waals surface area (Å²) < 4.78 is 13.1. The van der Waals surface area contributed by atoms with Crippen molar-refractivity contribution in [2.24, 2.45) is 0 Å². The summed E-state index contributed by atoms with van der Waals surface area (Å²) in [7, 11) is 1.69. The first kappa shape index (κ1) is 7.27. The minimum atomic E-state index is -0.829. The van der Waals surface area contributed by atoms with E-state index in [0.29, 0.717) is 0 Å². The van der Waals surface area contributed by atoms with Crippen LogP contribution >= 0.6 is 0 Å². The molecule has 0 saturated carbocycles. The van der Waals surface area contributed by atoms with Gasteiger partial charge in [0.05, 0.1) is 0 Å². The largest absolute Gasteiger partial charge is 0.598 e. The minimum Gasteiger partial charge on any atom is -0.598 e. The first-order chi connectivity index (χ1) is 3.18. The molecule has 0 aromatic rings. The molecule has 0 amide bonds. The fourth-order valence-corrected chi connectivity index (χ4v) is 0.707. The Morgan fingerprint density at radius 1 is 1.57 bits per heavy atom. The van der Waals surface area contributed by atoms with E-state index in [0.717, 1.165) is 0 Å². The lowest BCUT2D eigenvalue weighted by molar-refractivity contribution is 0.578. The molecule has 0 aliphatic heterocycles. The molecule has 0 aliphatic carbocycles. The molecule has 3 heteroatoms. The molecule has 0 rings (SSSR count). The normalized spacial score (nSPS) is 15.0. The summed E-state index contributed by atoms with van der Waals surface area (Å²) >= 11 is -0.829. The van der Waals surface area contributed by atoms with Crippen LogP contribution in [0.15, 0.2) is 0 Å². The van der Waals surface area contributed by atoms with Gasteiger partial charge in [0.15, 0.2) is 0 Å². The van der Waals surface area contributed by atoms with Crippen LogP contribution in [0.5, 0.6) is 0 Å². The van der Waals surface area contributed by atoms with E-state index < -0.39 is 11.4 Å². The Balaban J connectivity index is 3.14. The van der Waals surface area contributed by atoms with Crippen LogP contribution in [-0.2, 0) is 11.4 Å². The summed E-state index contributed by atoms with van der Waals surface area (Å²) in [6.07, 6.45) is 0. The van der Waals surface area contributed by atoms with Crippen molar-refractivity contribution < 1.29 is 4.55 Å². The SMILES string of the molecule is CN[S@+]([O-])C(C)C. The van der Waals surface area contributed by atoms with E-state index in [9.17, 15) is 4.55 Å². The summed E-state index contributed by atoms with van der Waals surface area (Å²) in [4.78, 5) is 0. The fourth-order valence-electron chi connectivity index (χ4n) is 0.236. The molecule has 0 saturated heterocycles. The number of rotatable bonds is 2. The van der Waals surface area contributed by atoms with Crippen LogP contribution in [0.25, 0.3) is 0 Å². The molecule has 0 aromatic carbocycles. The second kappa shape index (κ2) is 3.29. The first-order valence-corrected chi connectivity index (χ1v) is 3.47. The van der Waals surface area contributed by atoms with Gasteiger partial charge in [-0.3, -0.25) is 0 Å². The standard InChI is InChI=1S/C4H11NOS/c1-4(2)7(6)5-3/h4-5H,1-3H3/t7-/m1/s1. The molecule has 7 heavy (non-hydrogen) atoms. The Hall–Kier alpha value is 0.270. The average molecular weight is 121 g/mol. The van der Waals surface area contributed by atoms with Gasteiger partial charge in [-0.2, -0.15) is 0 Å². The molecule has 0 radical (unpaired) electrons. The predicted octanol–water partition coefficient (Wildman–Crippen LogP) is 0.278. The van der Waals surface area contributed by atoms with E-state index in [1.54, 1.807) is 7.05 Å². The van der Waals surface area contributed by atoms with Crippen molar-refractivity contribution in [1.82, 2.24) is 4.72 Å². The predicted molar refractivity (Wildman–Crippen MR) is 32.3 cm³/mol. The highest BCUT2D eigenvalue weighted by atomic mass is 32.2. The van der Waals surface area contributed by atoms with Crippen LogP contribution in [0.4, 0.5) is 0 Å². The summed E-state index contributed by atoms with van der Waals surface area (Å²) in [5.74, 6) is 0. The highest BCUT2D eigenvalue weighted by Crippen LogP contribution is 1.92. The maximum Gasteiger partial charge on any atom is 0.129 e. The Kier molecular flexibility index (Phi) is 3.42. The van der Waals surface area contributed by atoms with Gasteiger partial charge in [0.25, 0.3) is 0 Å². The Morgan fingerprint density at radius 3 is 2.00 bits per heavy atom. The van der Waals surface area contributed by atoms with Gasteiger partial charge in [-0.15, -0.1) is 4.72 Å². The van der Waals surface area contributed by atoms with Gasteiger partial charge in [-0.05, 0) is 13.8 Å². The third kappa shape index (κ3) is 2.91. The topological polar surface area (TPSA) is 35.1 Å². The van der Waals surface area contributed by atoms with E-state index in [1.165, 1.54) is 0 Å². The van der Waals surface area contributed by atoms with Gasteiger partial charge in [-0.25, -0.2) is 0 Å². The molecule has 0 spiro atoms. The summed E-state index contributed by atoms with van der Waals surface area (Å²) in [6, 6.07) is 0. The third-order valence-electron chi connectivity index (χ3n) is 0.629. The van der Waals surface area contributed by atoms with Crippen molar-refractivity contribution in [2.45, 2.75) is 19.1 Å². The number of hydrogen-bond acceptors (Lipinski definition) is 2. The Labute approximate surface area is 47.6 Å². The van der Waals surface area contributed by atoms with Gasteiger partial charge >= 0.3 is 0 Å². The summed E-state index contributed by atoms with van der Waals surface area (Å²) in [5.41, 5.74) is 0. The van der Waals surface area contributed by atoms with Crippen molar-refractivity contribution >= 4 is 11.4 Å². The van der Waals surface area contributed by atoms with Crippen LogP contribution in [0.2, 0.25) is 0 Å². The zero-order valence-electron chi connectivity index (χ0n) is 4.89. The highest BCUT2D eigenvalue weighted by molar-refractivity contribution is 7.90. The van der Waals surface area contributed by atoms with Crippen LogP contribution in [0, 0.1) is 0 Å². The quantitative estimate of drug-likeness (QED) is 0.532. The molecule has 2 nitrogen and oxygen atoms in total. The van der Waals surface area contributed by atoms with Crippen LogP contribution in [-0.4, -0.2) is 16.9 Å². The zero-order chi connectivity index (χ0) is 5.86.